The van der Waals surface area contributed by atoms with Crippen LogP contribution < -0.4 is 32.7 Å². The summed E-state index contributed by atoms with van der Waals surface area (Å²) in [4.78, 5) is 73.0. The van der Waals surface area contributed by atoms with E-state index in [1.54, 1.807) is 55.9 Å². The summed E-state index contributed by atoms with van der Waals surface area (Å²) in [5.41, 5.74) is 12.8. The van der Waals surface area contributed by atoms with Crippen LogP contribution in [0, 0.1) is 0 Å². The average molecular weight is 647 g/mol. The Labute approximate surface area is 265 Å². The highest BCUT2D eigenvalue weighted by Crippen LogP contribution is 2.09. The van der Waals surface area contributed by atoms with Gasteiger partial charge in [-0.15, -0.1) is 11.3 Å². The number of nitrogens with one attached hydrogen (secondary N) is 4. The van der Waals surface area contributed by atoms with Gasteiger partial charge in [0.05, 0.1) is 23.4 Å². The molecule has 0 aliphatic heterocycles. The van der Waals surface area contributed by atoms with Crippen molar-refractivity contribution in [1.29, 1.82) is 0 Å². The number of hydrogen-bond acceptors (Lipinski definition) is 10. The largest absolute Gasteiger partial charge is 0.445 e. The number of Topliss-reactive ketones (excluding diaryl/α,β-unsaturated/α-hetero) is 1. The van der Waals surface area contributed by atoms with Crippen LogP contribution in [0.5, 0.6) is 0 Å². The van der Waals surface area contributed by atoms with Gasteiger partial charge in [0.15, 0.2) is 5.96 Å². The molecule has 1 heterocycles. The molecule has 15 nitrogen and oxygen atoms in total. The predicted molar refractivity (Wildman–Crippen MR) is 168 cm³/mol. The molecule has 0 saturated heterocycles. The number of carbonyl (C=O) groups is 5. The van der Waals surface area contributed by atoms with Crippen molar-refractivity contribution in [2.75, 3.05) is 6.54 Å². The highest BCUT2D eigenvalue weighted by Gasteiger charge is 2.34. The first kappa shape index (κ1) is 36.6. The number of nitrogens with zero attached hydrogens (tertiary/aromatic N) is 2. The molecule has 0 radical (unpaired) electrons. The van der Waals surface area contributed by atoms with Gasteiger partial charge < -0.3 is 42.6 Å². The molecule has 0 aliphatic rings. The minimum Gasteiger partial charge on any atom is -0.445 e. The average Bonchev–Trinajstić information content (AvgIpc) is 3.48. The first-order chi connectivity index (χ1) is 21.2. The second-order valence-electron chi connectivity index (χ2n) is 11.2. The molecule has 0 saturated carbocycles. The van der Waals surface area contributed by atoms with Crippen LogP contribution in [0.2, 0.25) is 0 Å². The first-order valence-corrected chi connectivity index (χ1v) is 15.2. The Balaban J connectivity index is 2.18. The van der Waals surface area contributed by atoms with Gasteiger partial charge in [-0.3, -0.25) is 24.2 Å². The number of guanidine groups is 1. The molecule has 1 aromatic carbocycles. The van der Waals surface area contributed by atoms with E-state index in [-0.39, 0.29) is 38.4 Å². The lowest BCUT2D eigenvalue weighted by atomic mass is 10.0. The molecular weight excluding hydrogens is 604 g/mol. The van der Waals surface area contributed by atoms with Gasteiger partial charge in [-0.2, -0.15) is 0 Å². The molecule has 16 heteroatoms. The normalized spacial score (nSPS) is 13.7. The molecule has 0 fully saturated rings. The summed E-state index contributed by atoms with van der Waals surface area (Å²) in [6.45, 7) is 6.43. The van der Waals surface area contributed by atoms with Crippen molar-refractivity contribution >= 4 is 46.9 Å². The molecule has 2 rings (SSSR count). The predicted octanol–water partition coefficient (Wildman–Crippen LogP) is -0.132. The highest BCUT2D eigenvalue weighted by molar-refractivity contribution is 7.07. The number of nitrogens with two attached hydrogens (primary N) is 2. The number of ether oxygens (including phenoxy) is 1. The summed E-state index contributed by atoms with van der Waals surface area (Å²) >= 11 is 1.29. The number of ketones is 1. The Morgan fingerprint density at radius 3 is 2.29 bits per heavy atom. The van der Waals surface area contributed by atoms with E-state index < -0.39 is 59.4 Å². The smallest absolute Gasteiger partial charge is 0.408 e. The van der Waals surface area contributed by atoms with E-state index in [1.165, 1.54) is 18.3 Å². The summed E-state index contributed by atoms with van der Waals surface area (Å²) in [5, 5.41) is 22.1. The Kier molecular flexibility index (Phi) is 14.4. The fraction of sp³-hybridized carbons (Fsp3) is 0.483. The van der Waals surface area contributed by atoms with Crippen LogP contribution >= 0.6 is 11.3 Å². The highest BCUT2D eigenvalue weighted by atomic mass is 32.1. The Morgan fingerprint density at radius 2 is 1.71 bits per heavy atom. The standard InChI is InChI=1S/C29H42N8O7S/c1-17(38)22(25(41)34-20(11-8-12-32-27(30)31)23(39)26(42)37-29(2,3)4)36-24(40)21(13-19-15-45-16-33-19)35-28(43)44-14-18-9-6-5-7-10-18/h5-7,9-10,15-17,20-22,38H,8,11-14H2,1-4H3,(H,34,41)(H,35,43)(H,36,40)(H,37,42)(H4,30,31,32)/t17-,20+,21+,22+/m1/s1. The molecule has 4 atom stereocenters. The maximum Gasteiger partial charge on any atom is 0.408 e. The number of amides is 4. The van der Waals surface area contributed by atoms with Crippen molar-refractivity contribution in [3.8, 4) is 0 Å². The summed E-state index contributed by atoms with van der Waals surface area (Å²) in [6, 6.07) is 4.82. The van der Waals surface area contributed by atoms with E-state index >= 15 is 0 Å². The number of alkyl carbamates (subject to hydrolysis) is 1. The number of aliphatic hydroxyl groups excluding tert-OH is 1. The van der Waals surface area contributed by atoms with Crippen LogP contribution in [0.25, 0.3) is 0 Å². The molecular formula is C29H42N8O7S. The zero-order valence-corrected chi connectivity index (χ0v) is 26.6. The van der Waals surface area contributed by atoms with Crippen LogP contribution in [0.4, 0.5) is 4.79 Å². The number of aliphatic hydroxyl groups is 1. The lowest BCUT2D eigenvalue weighted by molar-refractivity contribution is -0.141. The van der Waals surface area contributed by atoms with Gasteiger partial charge >= 0.3 is 6.09 Å². The second kappa shape index (κ2) is 17.7. The molecule has 9 N–H and O–H groups in total. The number of hydrogen-bond donors (Lipinski definition) is 7. The minimum atomic E-state index is -1.56. The molecule has 1 aromatic heterocycles. The van der Waals surface area contributed by atoms with Crippen LogP contribution in [0.15, 0.2) is 46.2 Å². The van der Waals surface area contributed by atoms with Gasteiger partial charge in [0.25, 0.3) is 5.91 Å². The topological polar surface area (TPSA) is 240 Å². The summed E-state index contributed by atoms with van der Waals surface area (Å²) in [7, 11) is 0. The number of rotatable bonds is 16. The summed E-state index contributed by atoms with van der Waals surface area (Å²) in [6.07, 6.45) is -2.14. The fourth-order valence-corrected chi connectivity index (χ4v) is 4.49. The lowest BCUT2D eigenvalue weighted by Crippen LogP contribution is -2.60. The fourth-order valence-electron chi connectivity index (χ4n) is 3.92. The molecule has 4 amide bonds. The second-order valence-corrected chi connectivity index (χ2v) is 12.0. The zero-order chi connectivity index (χ0) is 33.6. The van der Waals surface area contributed by atoms with E-state index in [4.69, 9.17) is 16.2 Å². The van der Waals surface area contributed by atoms with Crippen molar-refractivity contribution < 1.29 is 33.8 Å². The van der Waals surface area contributed by atoms with Crippen molar-refractivity contribution in [3.63, 3.8) is 0 Å². The maximum atomic E-state index is 13.4. The summed E-state index contributed by atoms with van der Waals surface area (Å²) < 4.78 is 5.25. The van der Waals surface area contributed by atoms with Gasteiger partial charge in [0.2, 0.25) is 17.6 Å². The van der Waals surface area contributed by atoms with E-state index in [1.807, 2.05) is 6.07 Å². The van der Waals surface area contributed by atoms with Crippen molar-refractivity contribution in [2.24, 2.45) is 16.5 Å². The van der Waals surface area contributed by atoms with Crippen molar-refractivity contribution in [3.05, 3.63) is 52.5 Å². The third-order valence-corrected chi connectivity index (χ3v) is 6.71. The molecule has 246 valence electrons. The molecule has 45 heavy (non-hydrogen) atoms. The van der Waals surface area contributed by atoms with E-state index in [0.29, 0.717) is 5.69 Å². The van der Waals surface area contributed by atoms with Crippen LogP contribution in [0.3, 0.4) is 0 Å². The number of aliphatic imine (C=N–C) groups is 1. The van der Waals surface area contributed by atoms with E-state index in [9.17, 15) is 29.1 Å². The van der Waals surface area contributed by atoms with Crippen LogP contribution in [-0.2, 0) is 36.9 Å². The molecule has 0 spiro atoms. The quantitative estimate of drug-likeness (QED) is 0.0551. The third-order valence-electron chi connectivity index (χ3n) is 6.07. The van der Waals surface area contributed by atoms with E-state index in [0.717, 1.165) is 5.56 Å². The van der Waals surface area contributed by atoms with Gasteiger partial charge in [0.1, 0.15) is 18.7 Å². The van der Waals surface area contributed by atoms with Crippen LogP contribution in [0.1, 0.15) is 51.8 Å². The zero-order valence-electron chi connectivity index (χ0n) is 25.7. The molecule has 0 unspecified atom stereocenters. The molecule has 2 aromatic rings. The number of benzene rings is 1. The van der Waals surface area contributed by atoms with Gasteiger partial charge in [0, 0.05) is 23.9 Å². The minimum absolute atomic E-state index is 0.0132. The van der Waals surface area contributed by atoms with Crippen molar-refractivity contribution in [1.82, 2.24) is 26.3 Å². The van der Waals surface area contributed by atoms with Crippen molar-refractivity contribution in [2.45, 2.75) is 83.3 Å². The van der Waals surface area contributed by atoms with Gasteiger partial charge in [-0.25, -0.2) is 9.78 Å². The SMILES string of the molecule is C[C@@H](O)[C@H](NC(=O)[C@H](Cc1cscn1)NC(=O)OCc1ccccc1)C(=O)N[C@@H](CCCN=C(N)N)C(=O)C(=O)NC(C)(C)C. The molecule has 0 bridgehead atoms. The first-order valence-electron chi connectivity index (χ1n) is 14.2. The third kappa shape index (κ3) is 13.7. The van der Waals surface area contributed by atoms with Crippen LogP contribution in [-0.4, -0.2) is 82.0 Å². The Bertz CT molecular complexity index is 1310. The molecule has 0 aliphatic carbocycles. The number of carbonyl (C=O) groups excluding carboxylic acids is 5. The van der Waals surface area contributed by atoms with E-state index in [2.05, 4.69) is 31.2 Å². The van der Waals surface area contributed by atoms with Gasteiger partial charge in [-0.1, -0.05) is 30.3 Å². The number of thiazole rings is 1. The van der Waals surface area contributed by atoms with Gasteiger partial charge in [-0.05, 0) is 46.1 Å². The number of aromatic nitrogens is 1. The lowest BCUT2D eigenvalue weighted by Gasteiger charge is -2.27. The maximum absolute atomic E-state index is 13.4. The Hall–Kier alpha value is -4.57. The Morgan fingerprint density at radius 1 is 1.02 bits per heavy atom. The summed E-state index contributed by atoms with van der Waals surface area (Å²) in [5.74, 6) is -3.76. The monoisotopic (exact) mass is 646 g/mol.